The van der Waals surface area contributed by atoms with Crippen LogP contribution in [0.5, 0.6) is 11.5 Å². The number of aryl methyl sites for hydroxylation is 1. The van der Waals surface area contributed by atoms with Crippen LogP contribution in [0.25, 0.3) is 5.65 Å². The van der Waals surface area contributed by atoms with Gasteiger partial charge in [-0.2, -0.15) is 5.10 Å². The number of fused-ring (bicyclic) bond motifs is 6. The Bertz CT molecular complexity index is 1140. The Kier molecular flexibility index (Phi) is 5.18. The first-order valence-electron chi connectivity index (χ1n) is 11.2. The highest BCUT2D eigenvalue weighted by atomic mass is 16.5. The zero-order valence-electron chi connectivity index (χ0n) is 18.6. The highest BCUT2D eigenvalue weighted by molar-refractivity contribution is 5.50. The van der Waals surface area contributed by atoms with E-state index >= 15 is 0 Å². The molecule has 2 aliphatic heterocycles. The Balaban J connectivity index is 1.49. The Morgan fingerprint density at radius 3 is 2.90 bits per heavy atom. The normalized spacial score (nSPS) is 20.1. The topological polar surface area (TPSA) is 51.9 Å². The van der Waals surface area contributed by atoms with Crippen LogP contribution in [0.2, 0.25) is 0 Å². The van der Waals surface area contributed by atoms with Gasteiger partial charge in [0, 0.05) is 48.4 Å². The van der Waals surface area contributed by atoms with Crippen LogP contribution in [0.15, 0.2) is 37.1 Å². The van der Waals surface area contributed by atoms with Crippen LogP contribution in [-0.2, 0) is 19.4 Å². The molecule has 0 N–H and O–H groups in total. The van der Waals surface area contributed by atoms with Gasteiger partial charge in [0.1, 0.15) is 0 Å². The van der Waals surface area contributed by atoms with Crippen LogP contribution in [0, 0.1) is 6.92 Å². The number of allylic oxidation sites excluding steroid dienone is 1. The molecule has 6 nitrogen and oxygen atoms in total. The summed E-state index contributed by atoms with van der Waals surface area (Å²) in [5, 5.41) is 4.71. The van der Waals surface area contributed by atoms with Crippen LogP contribution in [0.1, 0.15) is 53.9 Å². The molecule has 0 amide bonds. The first-order chi connectivity index (χ1) is 15.1. The van der Waals surface area contributed by atoms with Crippen molar-refractivity contribution in [3.63, 3.8) is 0 Å². The van der Waals surface area contributed by atoms with Crippen molar-refractivity contribution in [1.82, 2.24) is 19.5 Å². The number of hydrogen-bond donors (Lipinski definition) is 0. The van der Waals surface area contributed by atoms with Gasteiger partial charge in [0.05, 0.1) is 25.1 Å². The van der Waals surface area contributed by atoms with Gasteiger partial charge in [0.25, 0.3) is 0 Å². The van der Waals surface area contributed by atoms with Gasteiger partial charge < -0.3 is 9.47 Å². The highest BCUT2D eigenvalue weighted by Gasteiger charge is 2.41. The summed E-state index contributed by atoms with van der Waals surface area (Å²) < 4.78 is 13.7. The van der Waals surface area contributed by atoms with E-state index in [2.05, 4.69) is 40.4 Å². The Morgan fingerprint density at radius 2 is 2.13 bits per heavy atom. The molecule has 6 heteroatoms. The summed E-state index contributed by atoms with van der Waals surface area (Å²) in [5.74, 6) is 1.64. The molecule has 2 aromatic heterocycles. The summed E-state index contributed by atoms with van der Waals surface area (Å²) in [5.41, 5.74) is 7.01. The van der Waals surface area contributed by atoms with E-state index in [4.69, 9.17) is 19.6 Å². The molecule has 2 bridgehead atoms. The highest BCUT2D eigenvalue weighted by Crippen LogP contribution is 2.45. The quantitative estimate of drug-likeness (QED) is 0.531. The summed E-state index contributed by atoms with van der Waals surface area (Å²) in [6.07, 6.45) is 8.14. The SMILES string of the molecule is C=CCc1cc(CN2C3CCC2c2cnc4cc(C)nn4c2C3)cc(OC)c1OCC. The number of rotatable bonds is 7. The first-order valence-corrected chi connectivity index (χ1v) is 11.2. The number of nitrogens with zero attached hydrogens (tertiary/aromatic N) is 4. The molecule has 2 unspecified atom stereocenters. The van der Waals surface area contributed by atoms with Crippen molar-refractivity contribution < 1.29 is 9.47 Å². The Hall–Kier alpha value is -2.86. The second-order valence-electron chi connectivity index (χ2n) is 8.55. The third-order valence-electron chi connectivity index (χ3n) is 6.60. The van der Waals surface area contributed by atoms with Gasteiger partial charge in [-0.1, -0.05) is 12.1 Å². The van der Waals surface area contributed by atoms with Crippen molar-refractivity contribution in [2.75, 3.05) is 13.7 Å². The molecule has 5 rings (SSSR count). The molecule has 0 spiro atoms. The van der Waals surface area contributed by atoms with Crippen molar-refractivity contribution in [1.29, 1.82) is 0 Å². The lowest BCUT2D eigenvalue weighted by Crippen LogP contribution is -2.38. The van der Waals surface area contributed by atoms with Crippen LogP contribution in [0.4, 0.5) is 0 Å². The lowest BCUT2D eigenvalue weighted by atomic mass is 9.97. The molecule has 3 aromatic rings. The molecule has 0 radical (unpaired) electrons. The van der Waals surface area contributed by atoms with Gasteiger partial charge in [-0.05, 0) is 44.7 Å². The average Bonchev–Trinajstić information content (AvgIpc) is 3.27. The Labute approximate surface area is 183 Å². The number of hydrogen-bond acceptors (Lipinski definition) is 5. The molecular formula is C25H30N4O2. The van der Waals surface area contributed by atoms with Gasteiger partial charge in [-0.3, -0.25) is 4.90 Å². The van der Waals surface area contributed by atoms with Gasteiger partial charge in [-0.25, -0.2) is 9.50 Å². The minimum atomic E-state index is 0.385. The summed E-state index contributed by atoms with van der Waals surface area (Å²) in [6, 6.07) is 7.35. The van der Waals surface area contributed by atoms with E-state index in [1.54, 1.807) is 7.11 Å². The van der Waals surface area contributed by atoms with E-state index in [0.29, 0.717) is 18.7 Å². The van der Waals surface area contributed by atoms with E-state index in [1.165, 1.54) is 29.7 Å². The number of benzene rings is 1. The molecule has 2 aliphatic rings. The molecule has 2 atom stereocenters. The fourth-order valence-corrected chi connectivity index (χ4v) is 5.34. The van der Waals surface area contributed by atoms with E-state index in [9.17, 15) is 0 Å². The molecule has 0 aliphatic carbocycles. The molecule has 31 heavy (non-hydrogen) atoms. The van der Waals surface area contributed by atoms with E-state index in [1.807, 2.05) is 19.9 Å². The fourth-order valence-electron chi connectivity index (χ4n) is 5.34. The number of ether oxygens (including phenoxy) is 2. The maximum Gasteiger partial charge on any atom is 0.164 e. The van der Waals surface area contributed by atoms with Crippen LogP contribution < -0.4 is 9.47 Å². The standard InChI is InChI=1S/C25H30N4O2/c1-5-7-18-11-17(12-23(30-4)25(18)31-6-2)15-28-19-8-9-21(28)20-14-26-24-10-16(3)27-29(24)22(20)13-19/h5,10-12,14,19,21H,1,6-9,13,15H2,2-4H3. The van der Waals surface area contributed by atoms with Crippen molar-refractivity contribution >= 4 is 5.65 Å². The summed E-state index contributed by atoms with van der Waals surface area (Å²) in [7, 11) is 1.71. The molecule has 1 saturated heterocycles. The van der Waals surface area contributed by atoms with E-state index in [-0.39, 0.29) is 0 Å². The van der Waals surface area contributed by atoms with Gasteiger partial charge >= 0.3 is 0 Å². The van der Waals surface area contributed by atoms with Gasteiger partial charge in [-0.15, -0.1) is 6.58 Å². The summed E-state index contributed by atoms with van der Waals surface area (Å²) in [6.45, 7) is 9.45. The van der Waals surface area contributed by atoms with Crippen molar-refractivity contribution in [3.8, 4) is 11.5 Å². The van der Waals surface area contributed by atoms with Crippen LogP contribution in [-0.4, -0.2) is 39.3 Å². The van der Waals surface area contributed by atoms with Crippen LogP contribution in [0.3, 0.4) is 0 Å². The predicted molar refractivity (Wildman–Crippen MR) is 121 cm³/mol. The first kappa shape index (κ1) is 20.1. The predicted octanol–water partition coefficient (Wildman–Crippen LogP) is 4.44. The number of aromatic nitrogens is 3. The minimum absolute atomic E-state index is 0.385. The molecule has 1 fully saturated rings. The molecular weight excluding hydrogens is 388 g/mol. The maximum atomic E-state index is 5.90. The molecule has 0 saturated carbocycles. The maximum absolute atomic E-state index is 5.90. The van der Waals surface area contributed by atoms with Crippen molar-refractivity contribution in [2.24, 2.45) is 0 Å². The average molecular weight is 419 g/mol. The lowest BCUT2D eigenvalue weighted by Gasteiger charge is -2.36. The summed E-state index contributed by atoms with van der Waals surface area (Å²) in [4.78, 5) is 7.34. The number of methoxy groups -OCH3 is 1. The fraction of sp³-hybridized carbons (Fsp3) is 0.440. The van der Waals surface area contributed by atoms with Crippen molar-refractivity contribution in [3.05, 3.63) is 65.1 Å². The third-order valence-corrected chi connectivity index (χ3v) is 6.60. The zero-order chi connectivity index (χ0) is 21.5. The van der Waals surface area contributed by atoms with Crippen LogP contribution >= 0.6 is 0 Å². The Morgan fingerprint density at radius 1 is 1.26 bits per heavy atom. The largest absolute Gasteiger partial charge is 0.493 e. The molecule has 1 aromatic carbocycles. The minimum Gasteiger partial charge on any atom is -0.493 e. The second-order valence-corrected chi connectivity index (χ2v) is 8.55. The third kappa shape index (κ3) is 3.39. The van der Waals surface area contributed by atoms with E-state index < -0.39 is 0 Å². The van der Waals surface area contributed by atoms with Gasteiger partial charge in [0.15, 0.2) is 17.1 Å². The zero-order valence-corrected chi connectivity index (χ0v) is 18.6. The summed E-state index contributed by atoms with van der Waals surface area (Å²) >= 11 is 0. The second kappa shape index (κ2) is 8.00. The monoisotopic (exact) mass is 418 g/mol. The van der Waals surface area contributed by atoms with Crippen molar-refractivity contribution in [2.45, 2.75) is 58.2 Å². The van der Waals surface area contributed by atoms with E-state index in [0.717, 1.165) is 47.8 Å². The van der Waals surface area contributed by atoms with Gasteiger partial charge in [0.2, 0.25) is 0 Å². The smallest absolute Gasteiger partial charge is 0.164 e. The lowest BCUT2D eigenvalue weighted by molar-refractivity contribution is 0.165. The molecule has 162 valence electrons. The molecule has 4 heterocycles.